The van der Waals surface area contributed by atoms with Crippen LogP contribution < -0.4 is 5.32 Å². The molecule has 0 spiro atoms. The summed E-state index contributed by atoms with van der Waals surface area (Å²) < 4.78 is 7.81. The maximum absolute atomic E-state index is 12.9. The monoisotopic (exact) mass is 469 g/mol. The molecule has 1 saturated heterocycles. The van der Waals surface area contributed by atoms with Crippen molar-refractivity contribution in [1.82, 2.24) is 14.5 Å². The molecular weight excluding hydrogens is 442 g/mol. The first kappa shape index (κ1) is 22.8. The lowest BCUT2D eigenvalue weighted by Crippen LogP contribution is -2.22. The standard InChI is InChI=1S/C23H27N5O2S2/c1-12-14(3)28(10-17-7-6-8-30-17)21(18(12)9-24)27-19(29)11-31-22-20-13(2)15(4)32-23(20)26-16(5)25-22/h17H,6-8,10-11H2,1-5H3,(H,27,29)/t17-/m1/s1. The van der Waals surface area contributed by atoms with Crippen molar-refractivity contribution in [3.8, 4) is 6.07 Å². The van der Waals surface area contributed by atoms with Crippen molar-refractivity contribution in [3.05, 3.63) is 33.1 Å². The predicted octanol–water partition coefficient (Wildman–Crippen LogP) is 4.82. The van der Waals surface area contributed by atoms with Crippen LogP contribution in [0.3, 0.4) is 0 Å². The Hall–Kier alpha value is -2.41. The van der Waals surface area contributed by atoms with Crippen LogP contribution >= 0.6 is 23.1 Å². The van der Waals surface area contributed by atoms with E-state index >= 15 is 0 Å². The Kier molecular flexibility index (Phi) is 6.56. The van der Waals surface area contributed by atoms with Crippen LogP contribution in [0.1, 0.15) is 45.9 Å². The molecule has 1 N–H and O–H groups in total. The minimum absolute atomic E-state index is 0.110. The third kappa shape index (κ3) is 4.27. The van der Waals surface area contributed by atoms with Gasteiger partial charge in [0.25, 0.3) is 0 Å². The number of aryl methyl sites for hydroxylation is 3. The van der Waals surface area contributed by atoms with Crippen molar-refractivity contribution in [3.63, 3.8) is 0 Å². The fourth-order valence-electron chi connectivity index (χ4n) is 4.07. The molecule has 0 saturated carbocycles. The van der Waals surface area contributed by atoms with Gasteiger partial charge in [-0.05, 0) is 58.6 Å². The zero-order valence-electron chi connectivity index (χ0n) is 19.0. The van der Waals surface area contributed by atoms with E-state index in [1.807, 2.05) is 25.3 Å². The third-order valence-corrected chi connectivity index (χ3v) is 8.13. The summed E-state index contributed by atoms with van der Waals surface area (Å²) in [5.41, 5.74) is 3.56. The Labute approximate surface area is 196 Å². The third-order valence-electron chi connectivity index (χ3n) is 6.06. The minimum atomic E-state index is -0.161. The molecule has 4 rings (SSSR count). The number of nitrogens with one attached hydrogen (secondary N) is 1. The Bertz CT molecular complexity index is 1230. The quantitative estimate of drug-likeness (QED) is 0.411. The van der Waals surface area contributed by atoms with Crippen molar-refractivity contribution >= 4 is 45.0 Å². The zero-order valence-corrected chi connectivity index (χ0v) is 20.7. The second-order valence-electron chi connectivity index (χ2n) is 8.17. The molecule has 3 aromatic rings. The molecule has 1 atom stereocenters. The smallest absolute Gasteiger partial charge is 0.235 e. The summed E-state index contributed by atoms with van der Waals surface area (Å²) in [4.78, 5) is 24.3. The van der Waals surface area contributed by atoms with Gasteiger partial charge in [0.1, 0.15) is 27.6 Å². The number of carbonyl (C=O) groups excluding carboxylic acids is 1. The van der Waals surface area contributed by atoms with Gasteiger partial charge in [0, 0.05) is 22.6 Å². The fraction of sp³-hybridized carbons (Fsp3) is 0.478. The number of amides is 1. The number of thiophene rings is 1. The largest absolute Gasteiger partial charge is 0.376 e. The molecule has 32 heavy (non-hydrogen) atoms. The second kappa shape index (κ2) is 9.22. The summed E-state index contributed by atoms with van der Waals surface area (Å²) in [6, 6.07) is 2.27. The van der Waals surface area contributed by atoms with E-state index < -0.39 is 0 Å². The Balaban J connectivity index is 1.56. The van der Waals surface area contributed by atoms with E-state index in [2.05, 4.69) is 35.2 Å². The molecule has 1 aliphatic rings. The Morgan fingerprint density at radius 1 is 1.28 bits per heavy atom. The lowest BCUT2D eigenvalue weighted by molar-refractivity contribution is -0.113. The van der Waals surface area contributed by atoms with Gasteiger partial charge < -0.3 is 14.6 Å². The highest BCUT2D eigenvalue weighted by Crippen LogP contribution is 2.35. The highest BCUT2D eigenvalue weighted by Gasteiger charge is 2.24. The minimum Gasteiger partial charge on any atom is -0.376 e. The number of hydrogen-bond acceptors (Lipinski definition) is 7. The summed E-state index contributed by atoms with van der Waals surface area (Å²) in [7, 11) is 0. The maximum atomic E-state index is 12.9. The first-order chi connectivity index (χ1) is 15.3. The molecule has 9 heteroatoms. The van der Waals surface area contributed by atoms with E-state index in [1.54, 1.807) is 11.3 Å². The van der Waals surface area contributed by atoms with Crippen molar-refractivity contribution in [2.24, 2.45) is 0 Å². The first-order valence-electron chi connectivity index (χ1n) is 10.7. The number of rotatable bonds is 6. The number of aromatic nitrogens is 3. The molecule has 7 nitrogen and oxygen atoms in total. The van der Waals surface area contributed by atoms with Crippen molar-refractivity contribution < 1.29 is 9.53 Å². The lowest BCUT2D eigenvalue weighted by atomic mass is 10.2. The molecule has 4 heterocycles. The molecule has 1 fully saturated rings. The van der Waals surface area contributed by atoms with Crippen LogP contribution in [0.25, 0.3) is 10.2 Å². The van der Waals surface area contributed by atoms with Gasteiger partial charge in [-0.3, -0.25) is 4.79 Å². The number of anilines is 1. The van der Waals surface area contributed by atoms with E-state index in [-0.39, 0.29) is 17.8 Å². The zero-order chi connectivity index (χ0) is 23.0. The topological polar surface area (TPSA) is 92.8 Å². The molecule has 0 bridgehead atoms. The lowest BCUT2D eigenvalue weighted by Gasteiger charge is -2.17. The van der Waals surface area contributed by atoms with Gasteiger partial charge in [-0.2, -0.15) is 5.26 Å². The molecule has 0 unspecified atom stereocenters. The van der Waals surface area contributed by atoms with Crippen LogP contribution in [0.15, 0.2) is 5.03 Å². The maximum Gasteiger partial charge on any atom is 0.235 e. The summed E-state index contributed by atoms with van der Waals surface area (Å²) in [6.07, 6.45) is 2.14. The summed E-state index contributed by atoms with van der Waals surface area (Å²) >= 11 is 3.06. The number of nitriles is 1. The fourth-order valence-corrected chi connectivity index (χ4v) is 6.14. The van der Waals surface area contributed by atoms with E-state index in [4.69, 9.17) is 4.74 Å². The van der Waals surface area contributed by atoms with Gasteiger partial charge >= 0.3 is 0 Å². The van der Waals surface area contributed by atoms with E-state index in [0.29, 0.717) is 23.8 Å². The van der Waals surface area contributed by atoms with Crippen LogP contribution in [0, 0.1) is 45.9 Å². The first-order valence-corrected chi connectivity index (χ1v) is 12.5. The number of nitrogens with zero attached hydrogens (tertiary/aromatic N) is 4. The number of hydrogen-bond donors (Lipinski definition) is 1. The Morgan fingerprint density at radius 3 is 2.75 bits per heavy atom. The van der Waals surface area contributed by atoms with Crippen LogP contribution in [0.2, 0.25) is 0 Å². The number of fused-ring (bicyclic) bond motifs is 1. The van der Waals surface area contributed by atoms with Gasteiger partial charge in [-0.1, -0.05) is 11.8 Å². The van der Waals surface area contributed by atoms with Gasteiger partial charge in [0.05, 0.1) is 24.0 Å². The van der Waals surface area contributed by atoms with Gasteiger partial charge in [-0.25, -0.2) is 9.97 Å². The van der Waals surface area contributed by atoms with Gasteiger partial charge in [-0.15, -0.1) is 11.3 Å². The summed E-state index contributed by atoms with van der Waals surface area (Å²) in [5.74, 6) is 1.31. The highest BCUT2D eigenvalue weighted by molar-refractivity contribution is 8.00. The Morgan fingerprint density at radius 2 is 2.06 bits per heavy atom. The average Bonchev–Trinajstić information content (AvgIpc) is 3.42. The van der Waals surface area contributed by atoms with Crippen LogP contribution in [0.4, 0.5) is 5.82 Å². The number of thioether (sulfide) groups is 1. The molecule has 168 valence electrons. The van der Waals surface area contributed by atoms with Crippen molar-refractivity contribution in [2.45, 2.75) is 65.1 Å². The van der Waals surface area contributed by atoms with Crippen LogP contribution in [-0.4, -0.2) is 38.9 Å². The molecule has 0 aliphatic carbocycles. The molecule has 3 aromatic heterocycles. The molecule has 0 radical (unpaired) electrons. The molecule has 1 amide bonds. The highest BCUT2D eigenvalue weighted by atomic mass is 32.2. The predicted molar refractivity (Wildman–Crippen MR) is 129 cm³/mol. The van der Waals surface area contributed by atoms with Crippen molar-refractivity contribution in [2.75, 3.05) is 17.7 Å². The number of carbonyl (C=O) groups is 1. The van der Waals surface area contributed by atoms with Crippen molar-refractivity contribution in [1.29, 1.82) is 5.26 Å². The summed E-state index contributed by atoms with van der Waals surface area (Å²) in [5, 5.41) is 14.6. The normalized spacial score (nSPS) is 15.9. The molecular formula is C23H27N5O2S2. The van der Waals surface area contributed by atoms with Crippen LogP contribution in [-0.2, 0) is 16.1 Å². The van der Waals surface area contributed by atoms with Gasteiger partial charge in [0.2, 0.25) is 5.91 Å². The van der Waals surface area contributed by atoms with Gasteiger partial charge in [0.15, 0.2) is 0 Å². The SMILES string of the molecule is Cc1nc(SCC(=O)Nc2c(C#N)c(C)c(C)n2C[C@H]2CCCO2)c2c(C)c(C)sc2n1. The van der Waals surface area contributed by atoms with E-state index in [9.17, 15) is 10.1 Å². The average molecular weight is 470 g/mol. The summed E-state index contributed by atoms with van der Waals surface area (Å²) in [6.45, 7) is 11.3. The molecule has 1 aliphatic heterocycles. The van der Waals surface area contributed by atoms with E-state index in [0.717, 1.165) is 51.5 Å². The van der Waals surface area contributed by atoms with E-state index in [1.165, 1.54) is 16.6 Å². The number of ether oxygens (including phenoxy) is 1. The van der Waals surface area contributed by atoms with Crippen LogP contribution in [0.5, 0.6) is 0 Å². The second-order valence-corrected chi connectivity index (χ2v) is 10.3. The molecule has 0 aromatic carbocycles.